The third kappa shape index (κ3) is 4.78. The number of rotatable bonds is 6. The Bertz CT molecular complexity index is 843. The third-order valence-electron chi connectivity index (χ3n) is 4.28. The summed E-state index contributed by atoms with van der Waals surface area (Å²) >= 11 is 0. The topological polar surface area (TPSA) is 108 Å². The zero-order valence-corrected chi connectivity index (χ0v) is 15.9. The van der Waals surface area contributed by atoms with E-state index in [4.69, 9.17) is 5.73 Å². The number of hydrogen-bond acceptors (Lipinski definition) is 4. The number of nitrogens with zero attached hydrogens (tertiary/aromatic N) is 1. The minimum Gasteiger partial charge on any atom is -0.399 e. The Morgan fingerprint density at radius 2 is 1.85 bits per heavy atom. The molecule has 1 saturated heterocycles. The van der Waals surface area contributed by atoms with Crippen LogP contribution in [0.1, 0.15) is 28.9 Å². The summed E-state index contributed by atoms with van der Waals surface area (Å²) in [4.78, 5) is 16.9. The van der Waals surface area contributed by atoms with Crippen LogP contribution < -0.4 is 10.5 Å². The van der Waals surface area contributed by atoms with E-state index >= 15 is 0 Å². The third-order valence-corrected chi connectivity index (χ3v) is 5.72. The zero-order valence-electron chi connectivity index (χ0n) is 14.3. The van der Waals surface area contributed by atoms with Crippen LogP contribution in [0.3, 0.4) is 0 Å². The van der Waals surface area contributed by atoms with Crippen molar-refractivity contribution in [1.29, 1.82) is 0 Å². The Morgan fingerprint density at radius 1 is 1.19 bits per heavy atom. The van der Waals surface area contributed by atoms with Crippen LogP contribution in [0.4, 0.5) is 5.69 Å². The lowest BCUT2D eigenvalue weighted by Gasteiger charge is -2.13. The lowest BCUT2D eigenvalue weighted by atomic mass is 10.1. The Kier molecular flexibility index (Phi) is 6.69. The molecule has 26 heavy (non-hydrogen) atoms. The molecule has 2 aromatic rings. The summed E-state index contributed by atoms with van der Waals surface area (Å²) in [6.45, 7) is 1.71. The van der Waals surface area contributed by atoms with Crippen LogP contribution in [0.5, 0.6) is 0 Å². The molecule has 0 radical (unpaired) electrons. The molecule has 1 aliphatic rings. The number of benzene rings is 1. The lowest BCUT2D eigenvalue weighted by Crippen LogP contribution is -2.28. The van der Waals surface area contributed by atoms with E-state index in [9.17, 15) is 13.2 Å². The fourth-order valence-corrected chi connectivity index (χ4v) is 3.87. The predicted molar refractivity (Wildman–Crippen MR) is 103 cm³/mol. The first-order valence-corrected chi connectivity index (χ1v) is 9.76. The highest BCUT2D eigenvalue weighted by molar-refractivity contribution is 7.89. The van der Waals surface area contributed by atoms with Gasteiger partial charge in [-0.1, -0.05) is 12.1 Å². The van der Waals surface area contributed by atoms with Crippen molar-refractivity contribution in [2.75, 3.05) is 25.4 Å². The van der Waals surface area contributed by atoms with Crippen molar-refractivity contribution in [3.05, 3.63) is 47.8 Å². The molecule has 7 nitrogen and oxygen atoms in total. The molecule has 0 unspecified atom stereocenters. The first kappa shape index (κ1) is 20.3. The predicted octanol–water partition coefficient (Wildman–Crippen LogP) is 1.78. The van der Waals surface area contributed by atoms with Gasteiger partial charge in [-0.15, -0.1) is 12.4 Å². The Balaban J connectivity index is 0.00000243. The molecular weight excluding hydrogens is 376 g/mol. The molecule has 0 spiro atoms. The number of halogens is 1. The van der Waals surface area contributed by atoms with E-state index in [0.29, 0.717) is 17.8 Å². The number of nitrogens with one attached hydrogen (secondary N) is 2. The van der Waals surface area contributed by atoms with Crippen LogP contribution in [0.15, 0.2) is 41.4 Å². The van der Waals surface area contributed by atoms with Crippen molar-refractivity contribution in [3.8, 4) is 0 Å². The number of amides is 1. The van der Waals surface area contributed by atoms with Gasteiger partial charge in [0.05, 0.1) is 0 Å². The maximum absolute atomic E-state index is 12.4. The second-order valence-corrected chi connectivity index (χ2v) is 7.90. The smallest absolute Gasteiger partial charge is 0.270 e. The van der Waals surface area contributed by atoms with E-state index in [2.05, 4.69) is 9.71 Å². The van der Waals surface area contributed by atoms with E-state index in [0.717, 1.165) is 31.5 Å². The van der Waals surface area contributed by atoms with Gasteiger partial charge in [0, 0.05) is 31.5 Å². The van der Waals surface area contributed by atoms with Crippen molar-refractivity contribution in [2.45, 2.75) is 24.2 Å². The second kappa shape index (κ2) is 8.57. The fraction of sp³-hybridized carbons (Fsp3) is 0.353. The molecule has 0 aliphatic carbocycles. The first-order chi connectivity index (χ1) is 12.0. The van der Waals surface area contributed by atoms with Crippen molar-refractivity contribution in [3.63, 3.8) is 0 Å². The summed E-state index contributed by atoms with van der Waals surface area (Å²) in [6, 6.07) is 8.70. The maximum Gasteiger partial charge on any atom is 0.270 e. The van der Waals surface area contributed by atoms with Gasteiger partial charge in [-0.3, -0.25) is 4.79 Å². The fourth-order valence-electron chi connectivity index (χ4n) is 2.84. The van der Waals surface area contributed by atoms with E-state index in [1.165, 1.54) is 12.3 Å². The molecule has 4 N–H and O–H groups in total. The van der Waals surface area contributed by atoms with Crippen LogP contribution in [0, 0.1) is 0 Å². The standard InChI is InChI=1S/C17H22N4O3S.ClH/c18-14-5-3-13(4-6-14)7-8-20-25(23,24)15-11-16(19-12-15)17(22)21-9-1-2-10-21;/h3-6,11-12,19-20H,1-2,7-10,18H2;1H. The quantitative estimate of drug-likeness (QED) is 0.644. The highest BCUT2D eigenvalue weighted by atomic mass is 35.5. The first-order valence-electron chi connectivity index (χ1n) is 8.27. The summed E-state index contributed by atoms with van der Waals surface area (Å²) in [5.74, 6) is -0.152. The van der Waals surface area contributed by atoms with Gasteiger partial charge < -0.3 is 15.6 Å². The van der Waals surface area contributed by atoms with Crippen LogP contribution in [-0.2, 0) is 16.4 Å². The average Bonchev–Trinajstić information content (AvgIpc) is 3.28. The number of H-pyrrole nitrogens is 1. The van der Waals surface area contributed by atoms with E-state index in [1.807, 2.05) is 12.1 Å². The largest absolute Gasteiger partial charge is 0.399 e. The maximum atomic E-state index is 12.4. The lowest BCUT2D eigenvalue weighted by molar-refractivity contribution is 0.0787. The van der Waals surface area contributed by atoms with Gasteiger partial charge in [-0.05, 0) is 43.0 Å². The highest BCUT2D eigenvalue weighted by Gasteiger charge is 2.23. The molecular formula is C17H23ClN4O3S. The molecule has 9 heteroatoms. The molecule has 0 saturated carbocycles. The SMILES string of the molecule is Cl.Nc1ccc(CCNS(=O)(=O)c2c[nH]c(C(=O)N3CCCC3)c2)cc1. The average molecular weight is 399 g/mol. The number of aromatic nitrogens is 1. The number of sulfonamides is 1. The Labute approximate surface area is 159 Å². The molecule has 3 rings (SSSR count). The summed E-state index contributed by atoms with van der Waals surface area (Å²) < 4.78 is 27.3. The number of hydrogen-bond donors (Lipinski definition) is 3. The molecule has 1 amide bonds. The minimum absolute atomic E-state index is 0. The summed E-state index contributed by atoms with van der Waals surface area (Å²) in [6.07, 6.45) is 3.90. The molecule has 1 aromatic carbocycles. The Hall–Kier alpha value is -2.03. The van der Waals surface area contributed by atoms with E-state index < -0.39 is 10.0 Å². The highest BCUT2D eigenvalue weighted by Crippen LogP contribution is 2.16. The monoisotopic (exact) mass is 398 g/mol. The molecule has 1 aromatic heterocycles. The second-order valence-electron chi connectivity index (χ2n) is 6.14. The minimum atomic E-state index is -3.65. The number of carbonyl (C=O) groups is 1. The van der Waals surface area contributed by atoms with Gasteiger partial charge in [-0.25, -0.2) is 13.1 Å². The van der Waals surface area contributed by atoms with Crippen LogP contribution in [0.25, 0.3) is 0 Å². The van der Waals surface area contributed by atoms with Crippen molar-refractivity contribution in [1.82, 2.24) is 14.6 Å². The van der Waals surface area contributed by atoms with Crippen molar-refractivity contribution >= 4 is 34.0 Å². The molecule has 1 fully saturated rings. The molecule has 142 valence electrons. The van der Waals surface area contributed by atoms with Crippen molar-refractivity contribution < 1.29 is 13.2 Å². The van der Waals surface area contributed by atoms with Crippen molar-refractivity contribution in [2.24, 2.45) is 0 Å². The normalized spacial score (nSPS) is 14.2. The summed E-state index contributed by atoms with van der Waals surface area (Å²) in [5.41, 5.74) is 7.60. The molecule has 0 atom stereocenters. The van der Waals surface area contributed by atoms with Crippen LogP contribution in [-0.4, -0.2) is 43.8 Å². The van der Waals surface area contributed by atoms with Gasteiger partial charge in [0.25, 0.3) is 5.91 Å². The van der Waals surface area contributed by atoms with Crippen LogP contribution in [0.2, 0.25) is 0 Å². The summed E-state index contributed by atoms with van der Waals surface area (Å²) in [5, 5.41) is 0. The number of carbonyl (C=O) groups excluding carboxylic acids is 1. The van der Waals surface area contributed by atoms with E-state index in [1.54, 1.807) is 17.0 Å². The van der Waals surface area contributed by atoms with Crippen LogP contribution >= 0.6 is 12.4 Å². The number of likely N-dealkylation sites (tertiary alicyclic amines) is 1. The van der Waals surface area contributed by atoms with Gasteiger partial charge >= 0.3 is 0 Å². The molecule has 2 heterocycles. The van der Waals surface area contributed by atoms with Gasteiger partial charge in [0.15, 0.2) is 0 Å². The Morgan fingerprint density at radius 3 is 2.50 bits per heavy atom. The van der Waals surface area contributed by atoms with Gasteiger partial charge in [0.1, 0.15) is 10.6 Å². The van der Waals surface area contributed by atoms with Gasteiger partial charge in [-0.2, -0.15) is 0 Å². The molecule has 0 bridgehead atoms. The summed E-state index contributed by atoms with van der Waals surface area (Å²) in [7, 11) is -3.65. The molecule has 1 aliphatic heterocycles. The van der Waals surface area contributed by atoms with E-state index in [-0.39, 0.29) is 29.8 Å². The number of nitrogen functional groups attached to an aromatic ring is 1. The van der Waals surface area contributed by atoms with Gasteiger partial charge in [0.2, 0.25) is 10.0 Å². The number of aromatic amines is 1. The number of nitrogens with two attached hydrogens (primary N) is 1. The zero-order chi connectivity index (χ0) is 17.9. The number of anilines is 1.